The van der Waals surface area contributed by atoms with Gasteiger partial charge in [0.25, 0.3) is 0 Å². The maximum absolute atomic E-state index is 12.5. The Labute approximate surface area is 133 Å². The standard InChI is InChI=1S/C17H16ClNOS/c18-14-8-4-5-9-15(14)21-16(12-6-2-1-3-7-12)17(20)19-13-10-11-13/h1-9,13,16H,10-11H2,(H,19,20)/t16-/m0/s1. The second kappa shape index (κ2) is 6.54. The molecule has 0 aliphatic heterocycles. The Morgan fingerprint density at radius 1 is 1.10 bits per heavy atom. The maximum atomic E-state index is 12.5. The van der Waals surface area contributed by atoms with Crippen molar-refractivity contribution in [1.82, 2.24) is 5.32 Å². The number of nitrogens with one attached hydrogen (secondary N) is 1. The molecular weight excluding hydrogens is 302 g/mol. The van der Waals surface area contributed by atoms with Crippen LogP contribution in [0.1, 0.15) is 23.7 Å². The van der Waals surface area contributed by atoms with Gasteiger partial charge in [0.1, 0.15) is 5.25 Å². The molecule has 4 heteroatoms. The van der Waals surface area contributed by atoms with Gasteiger partial charge in [-0.2, -0.15) is 0 Å². The topological polar surface area (TPSA) is 29.1 Å². The lowest BCUT2D eigenvalue weighted by Gasteiger charge is -2.17. The Morgan fingerprint density at radius 3 is 2.43 bits per heavy atom. The Hall–Kier alpha value is -1.45. The van der Waals surface area contributed by atoms with Gasteiger partial charge in [-0.1, -0.05) is 54.1 Å². The van der Waals surface area contributed by atoms with Crippen LogP contribution in [-0.2, 0) is 4.79 Å². The molecule has 21 heavy (non-hydrogen) atoms. The van der Waals surface area contributed by atoms with E-state index in [0.717, 1.165) is 23.3 Å². The van der Waals surface area contributed by atoms with Crippen LogP contribution in [0.5, 0.6) is 0 Å². The molecule has 0 radical (unpaired) electrons. The van der Waals surface area contributed by atoms with Gasteiger partial charge in [-0.15, -0.1) is 11.8 Å². The van der Waals surface area contributed by atoms with Crippen molar-refractivity contribution in [3.8, 4) is 0 Å². The summed E-state index contributed by atoms with van der Waals surface area (Å²) in [7, 11) is 0. The molecule has 0 spiro atoms. The highest BCUT2D eigenvalue weighted by molar-refractivity contribution is 8.00. The smallest absolute Gasteiger partial charge is 0.238 e. The zero-order valence-corrected chi connectivity index (χ0v) is 13.0. The Morgan fingerprint density at radius 2 is 1.76 bits per heavy atom. The van der Waals surface area contributed by atoms with Crippen molar-refractivity contribution in [3.63, 3.8) is 0 Å². The first kappa shape index (κ1) is 14.5. The number of hydrogen-bond donors (Lipinski definition) is 1. The lowest BCUT2D eigenvalue weighted by molar-refractivity contribution is -0.120. The van der Waals surface area contributed by atoms with Crippen LogP contribution in [0.3, 0.4) is 0 Å². The van der Waals surface area contributed by atoms with Gasteiger partial charge < -0.3 is 5.32 Å². The average molecular weight is 318 g/mol. The van der Waals surface area contributed by atoms with Gasteiger partial charge in [-0.05, 0) is 30.5 Å². The summed E-state index contributed by atoms with van der Waals surface area (Å²) in [5, 5.41) is 3.50. The lowest BCUT2D eigenvalue weighted by atomic mass is 10.1. The summed E-state index contributed by atoms with van der Waals surface area (Å²) in [6.07, 6.45) is 2.17. The molecule has 0 heterocycles. The molecule has 2 aromatic rings. The zero-order chi connectivity index (χ0) is 14.7. The van der Waals surface area contributed by atoms with Crippen molar-refractivity contribution >= 4 is 29.3 Å². The van der Waals surface area contributed by atoms with Gasteiger partial charge in [-0.3, -0.25) is 4.79 Å². The van der Waals surface area contributed by atoms with E-state index in [1.54, 1.807) is 0 Å². The van der Waals surface area contributed by atoms with Crippen molar-refractivity contribution in [1.29, 1.82) is 0 Å². The fourth-order valence-electron chi connectivity index (χ4n) is 2.07. The lowest BCUT2D eigenvalue weighted by Crippen LogP contribution is -2.29. The highest BCUT2D eigenvalue weighted by Crippen LogP contribution is 2.39. The second-order valence-corrected chi connectivity index (χ2v) is 6.68. The van der Waals surface area contributed by atoms with Crippen LogP contribution in [0.15, 0.2) is 59.5 Å². The van der Waals surface area contributed by atoms with Crippen molar-refractivity contribution < 1.29 is 4.79 Å². The van der Waals surface area contributed by atoms with E-state index in [0.29, 0.717) is 11.1 Å². The number of halogens is 1. The zero-order valence-electron chi connectivity index (χ0n) is 11.5. The first-order valence-electron chi connectivity index (χ1n) is 7.00. The fourth-order valence-corrected chi connectivity index (χ4v) is 3.40. The van der Waals surface area contributed by atoms with E-state index < -0.39 is 0 Å². The molecular formula is C17H16ClNOS. The van der Waals surface area contributed by atoms with E-state index >= 15 is 0 Å². The molecule has 1 aliphatic carbocycles. The van der Waals surface area contributed by atoms with Crippen LogP contribution in [0.25, 0.3) is 0 Å². The van der Waals surface area contributed by atoms with E-state index in [2.05, 4.69) is 5.32 Å². The van der Waals surface area contributed by atoms with E-state index in [-0.39, 0.29) is 11.2 Å². The Bertz CT molecular complexity index is 628. The molecule has 1 fully saturated rings. The van der Waals surface area contributed by atoms with Gasteiger partial charge in [0.15, 0.2) is 0 Å². The SMILES string of the molecule is O=C(NC1CC1)[C@@H](Sc1ccccc1Cl)c1ccccc1. The monoisotopic (exact) mass is 317 g/mol. The molecule has 1 aliphatic rings. The van der Waals surface area contributed by atoms with Crippen molar-refractivity contribution in [2.45, 2.75) is 29.0 Å². The summed E-state index contributed by atoms with van der Waals surface area (Å²) in [6, 6.07) is 17.8. The maximum Gasteiger partial charge on any atom is 0.238 e. The molecule has 1 saturated carbocycles. The van der Waals surface area contributed by atoms with Crippen LogP contribution >= 0.6 is 23.4 Å². The number of rotatable bonds is 5. The molecule has 0 unspecified atom stereocenters. The number of amides is 1. The van der Waals surface area contributed by atoms with Crippen LogP contribution in [0.2, 0.25) is 5.02 Å². The molecule has 1 amide bonds. The largest absolute Gasteiger partial charge is 0.352 e. The molecule has 2 nitrogen and oxygen atoms in total. The molecule has 1 atom stereocenters. The molecule has 0 bridgehead atoms. The molecule has 108 valence electrons. The first-order valence-corrected chi connectivity index (χ1v) is 8.26. The Kier molecular flexibility index (Phi) is 4.51. The van der Waals surface area contributed by atoms with Gasteiger partial charge in [-0.25, -0.2) is 0 Å². The van der Waals surface area contributed by atoms with E-state index in [9.17, 15) is 4.79 Å². The summed E-state index contributed by atoms with van der Waals surface area (Å²) in [5.41, 5.74) is 1.00. The predicted octanol–water partition coefficient (Wildman–Crippen LogP) is 4.45. The van der Waals surface area contributed by atoms with Crippen LogP contribution in [-0.4, -0.2) is 11.9 Å². The number of thioether (sulfide) groups is 1. The van der Waals surface area contributed by atoms with Crippen LogP contribution < -0.4 is 5.32 Å². The first-order chi connectivity index (χ1) is 10.2. The summed E-state index contributed by atoms with van der Waals surface area (Å²) >= 11 is 7.73. The summed E-state index contributed by atoms with van der Waals surface area (Å²) < 4.78 is 0. The highest BCUT2D eigenvalue weighted by Gasteiger charge is 2.29. The van der Waals surface area contributed by atoms with Gasteiger partial charge in [0.2, 0.25) is 5.91 Å². The number of carbonyl (C=O) groups excluding carboxylic acids is 1. The normalized spacial score (nSPS) is 15.5. The third-order valence-electron chi connectivity index (χ3n) is 3.35. The third-order valence-corrected chi connectivity index (χ3v) is 5.12. The van der Waals surface area contributed by atoms with Crippen molar-refractivity contribution in [2.24, 2.45) is 0 Å². The predicted molar refractivity (Wildman–Crippen MR) is 87.7 cm³/mol. The summed E-state index contributed by atoms with van der Waals surface area (Å²) in [5.74, 6) is 0.0635. The Balaban J connectivity index is 1.85. The minimum atomic E-state index is -0.272. The number of hydrogen-bond acceptors (Lipinski definition) is 2. The molecule has 0 saturated heterocycles. The van der Waals surface area contributed by atoms with Crippen LogP contribution in [0, 0.1) is 0 Å². The third kappa shape index (κ3) is 3.80. The summed E-state index contributed by atoms with van der Waals surface area (Å²) in [6.45, 7) is 0. The minimum Gasteiger partial charge on any atom is -0.352 e. The van der Waals surface area contributed by atoms with E-state index in [4.69, 9.17) is 11.6 Å². The number of benzene rings is 2. The van der Waals surface area contributed by atoms with Gasteiger partial charge in [0, 0.05) is 10.9 Å². The minimum absolute atomic E-state index is 0.0635. The highest BCUT2D eigenvalue weighted by atomic mass is 35.5. The molecule has 0 aromatic heterocycles. The van der Waals surface area contributed by atoms with Gasteiger partial charge >= 0.3 is 0 Å². The van der Waals surface area contributed by atoms with Crippen LogP contribution in [0.4, 0.5) is 0 Å². The number of carbonyl (C=O) groups is 1. The quantitative estimate of drug-likeness (QED) is 0.825. The summed E-state index contributed by atoms with van der Waals surface area (Å²) in [4.78, 5) is 13.5. The van der Waals surface area contributed by atoms with E-state index in [1.165, 1.54) is 11.8 Å². The van der Waals surface area contributed by atoms with Gasteiger partial charge in [0.05, 0.1) is 5.02 Å². The average Bonchev–Trinajstić information content (AvgIpc) is 3.31. The molecule has 3 rings (SSSR count). The molecule has 2 aromatic carbocycles. The fraction of sp³-hybridized carbons (Fsp3) is 0.235. The second-order valence-electron chi connectivity index (χ2n) is 5.12. The van der Waals surface area contributed by atoms with Crippen molar-refractivity contribution in [2.75, 3.05) is 0 Å². The van der Waals surface area contributed by atoms with E-state index in [1.807, 2.05) is 54.6 Å². The molecule has 1 N–H and O–H groups in total. The van der Waals surface area contributed by atoms with Crippen molar-refractivity contribution in [3.05, 3.63) is 65.2 Å².